The van der Waals surface area contributed by atoms with Crippen molar-refractivity contribution in [1.82, 2.24) is 19.5 Å². The number of fused-ring (bicyclic) bond motifs is 1. The normalized spacial score (nSPS) is 17.4. The lowest BCUT2D eigenvalue weighted by Crippen LogP contribution is -2.31. The van der Waals surface area contributed by atoms with Crippen molar-refractivity contribution in [2.24, 2.45) is 0 Å². The van der Waals surface area contributed by atoms with Crippen molar-refractivity contribution in [1.29, 1.82) is 0 Å². The number of benzene rings is 1. The largest absolute Gasteiger partial charge is 0.331 e. The van der Waals surface area contributed by atoms with Crippen molar-refractivity contribution in [2.45, 2.75) is 18.9 Å². The molecule has 0 bridgehead atoms. The van der Waals surface area contributed by atoms with Gasteiger partial charge in [0.05, 0.1) is 17.8 Å². The Hall–Kier alpha value is -3.03. The number of nitrogens with zero attached hydrogens (tertiary/aromatic N) is 3. The predicted octanol–water partition coefficient (Wildman–Crippen LogP) is 2.28. The molecule has 3 heterocycles. The predicted molar refractivity (Wildman–Crippen MR) is 85.2 cm³/mol. The van der Waals surface area contributed by atoms with E-state index in [0.717, 1.165) is 18.2 Å². The Morgan fingerprint density at radius 3 is 3.00 bits per heavy atom. The molecule has 1 unspecified atom stereocenters. The number of likely N-dealkylation sites (tertiary alicyclic amines) is 1. The first-order valence-electron chi connectivity index (χ1n) is 7.87. The van der Waals surface area contributed by atoms with Gasteiger partial charge in [-0.3, -0.25) is 9.59 Å². The first-order chi connectivity index (χ1) is 12.1. The highest BCUT2D eigenvalue weighted by atomic mass is 19.1. The molecule has 1 N–H and O–H groups in total. The monoisotopic (exact) mass is 344 g/mol. The Kier molecular flexibility index (Phi) is 3.60. The Balaban J connectivity index is 1.76. The molecule has 0 radical (unpaired) electrons. The number of H-pyrrole nitrogens is 1. The third-order valence-corrected chi connectivity index (χ3v) is 4.50. The van der Waals surface area contributed by atoms with E-state index in [9.17, 15) is 18.4 Å². The molecule has 4 rings (SSSR count). The highest BCUT2D eigenvalue weighted by molar-refractivity contribution is 6.00. The van der Waals surface area contributed by atoms with Gasteiger partial charge in [-0.25, -0.2) is 13.3 Å². The van der Waals surface area contributed by atoms with E-state index in [2.05, 4.69) is 10.1 Å². The van der Waals surface area contributed by atoms with Gasteiger partial charge in [-0.05, 0) is 31.0 Å². The van der Waals surface area contributed by atoms with Gasteiger partial charge in [-0.1, -0.05) is 0 Å². The molecule has 1 atom stereocenters. The van der Waals surface area contributed by atoms with Gasteiger partial charge in [-0.2, -0.15) is 5.10 Å². The maximum Gasteiger partial charge on any atom is 0.274 e. The lowest BCUT2D eigenvalue weighted by atomic mass is 10.0. The lowest BCUT2D eigenvalue weighted by molar-refractivity contribution is 0.0735. The molecule has 1 fully saturated rings. The molecule has 1 saturated heterocycles. The summed E-state index contributed by atoms with van der Waals surface area (Å²) in [4.78, 5) is 29.0. The second-order valence-corrected chi connectivity index (χ2v) is 5.96. The first-order valence-corrected chi connectivity index (χ1v) is 7.87. The first kappa shape index (κ1) is 15.5. The zero-order valence-corrected chi connectivity index (χ0v) is 13.1. The zero-order valence-electron chi connectivity index (χ0n) is 13.1. The molecule has 0 spiro atoms. The third-order valence-electron chi connectivity index (χ3n) is 4.50. The maximum absolute atomic E-state index is 14.1. The van der Waals surface area contributed by atoms with Crippen molar-refractivity contribution in [3.05, 3.63) is 69.9 Å². The number of nitrogens with one attached hydrogen (secondary N) is 1. The highest BCUT2D eigenvalue weighted by Crippen LogP contribution is 2.35. The van der Waals surface area contributed by atoms with Gasteiger partial charge in [0, 0.05) is 24.5 Å². The molecule has 0 aliphatic carbocycles. The van der Waals surface area contributed by atoms with E-state index in [1.807, 2.05) is 0 Å². The summed E-state index contributed by atoms with van der Waals surface area (Å²) in [6, 6.07) is 2.66. The van der Waals surface area contributed by atoms with Crippen LogP contribution in [0.3, 0.4) is 0 Å². The number of hydrogen-bond acceptors (Lipinski definition) is 3. The maximum atomic E-state index is 14.1. The second kappa shape index (κ2) is 5.80. The molecule has 1 aromatic carbocycles. The van der Waals surface area contributed by atoms with E-state index in [0.29, 0.717) is 19.4 Å². The van der Waals surface area contributed by atoms with Crippen molar-refractivity contribution in [3.63, 3.8) is 0 Å². The van der Waals surface area contributed by atoms with E-state index >= 15 is 0 Å². The Labute approximate surface area is 140 Å². The number of hydrogen-bond donors (Lipinski definition) is 1. The van der Waals surface area contributed by atoms with Crippen LogP contribution in [0.5, 0.6) is 0 Å². The summed E-state index contributed by atoms with van der Waals surface area (Å²) in [5, 5.41) is 4.02. The van der Waals surface area contributed by atoms with Crippen LogP contribution >= 0.6 is 0 Å². The van der Waals surface area contributed by atoms with Crippen LogP contribution in [-0.4, -0.2) is 31.9 Å². The van der Waals surface area contributed by atoms with Crippen LogP contribution in [0.15, 0.2) is 41.6 Å². The van der Waals surface area contributed by atoms with Gasteiger partial charge in [0.1, 0.15) is 17.2 Å². The number of aromatic amines is 1. The average Bonchev–Trinajstić information content (AvgIpc) is 3.24. The van der Waals surface area contributed by atoms with Gasteiger partial charge in [-0.15, -0.1) is 0 Å². The Morgan fingerprint density at radius 1 is 1.32 bits per heavy atom. The molecule has 8 heteroatoms. The van der Waals surface area contributed by atoms with Crippen molar-refractivity contribution >= 4 is 11.4 Å². The lowest BCUT2D eigenvalue weighted by Gasteiger charge is -2.25. The summed E-state index contributed by atoms with van der Waals surface area (Å²) >= 11 is 0. The van der Waals surface area contributed by atoms with Crippen molar-refractivity contribution < 1.29 is 13.6 Å². The molecule has 0 saturated carbocycles. The quantitative estimate of drug-likeness (QED) is 0.775. The summed E-state index contributed by atoms with van der Waals surface area (Å²) in [6.07, 6.45) is 5.48. The van der Waals surface area contributed by atoms with E-state index < -0.39 is 29.1 Å². The summed E-state index contributed by atoms with van der Waals surface area (Å²) in [7, 11) is 0. The topological polar surface area (TPSA) is 70.5 Å². The Morgan fingerprint density at radius 2 is 2.16 bits per heavy atom. The summed E-state index contributed by atoms with van der Waals surface area (Å²) in [6.45, 7) is 0.404. The smallest absolute Gasteiger partial charge is 0.274 e. The van der Waals surface area contributed by atoms with Gasteiger partial charge >= 0.3 is 0 Å². The average molecular weight is 344 g/mol. The molecule has 2 aromatic heterocycles. The second-order valence-electron chi connectivity index (χ2n) is 5.96. The third kappa shape index (κ3) is 2.50. The molecular formula is C17H14F2N4O2. The van der Waals surface area contributed by atoms with Gasteiger partial charge in [0.2, 0.25) is 0 Å². The van der Waals surface area contributed by atoms with Crippen LogP contribution in [0.1, 0.15) is 34.8 Å². The number of aromatic nitrogens is 3. The molecule has 1 aliphatic rings. The minimum Gasteiger partial charge on any atom is -0.331 e. The minimum absolute atomic E-state index is 0.137. The molecule has 25 heavy (non-hydrogen) atoms. The number of carbonyl (C=O) groups excluding carboxylic acids is 1. The van der Waals surface area contributed by atoms with E-state index in [1.165, 1.54) is 28.0 Å². The standard InChI is InChI=1S/C17H14F2N4O2/c18-10-3-4-13(19)11(8-10)14-2-1-6-22(14)17(25)12-9-21-23-7-5-20-16(24)15(12)23/h3-5,7-9,14H,1-2,6H2,(H,20,24). The van der Waals surface area contributed by atoms with Gasteiger partial charge in [0.15, 0.2) is 0 Å². The Bertz CT molecular complexity index is 1030. The molecule has 128 valence electrons. The molecule has 6 nitrogen and oxygen atoms in total. The van der Waals surface area contributed by atoms with Crippen LogP contribution in [0.2, 0.25) is 0 Å². The molecular weight excluding hydrogens is 330 g/mol. The minimum atomic E-state index is -0.569. The fraction of sp³-hybridized carbons (Fsp3) is 0.235. The van der Waals surface area contributed by atoms with Crippen LogP contribution in [0.4, 0.5) is 8.78 Å². The van der Waals surface area contributed by atoms with E-state index in [-0.39, 0.29) is 16.6 Å². The van der Waals surface area contributed by atoms with E-state index in [1.54, 1.807) is 0 Å². The van der Waals surface area contributed by atoms with Crippen LogP contribution < -0.4 is 5.56 Å². The molecule has 1 amide bonds. The van der Waals surface area contributed by atoms with E-state index in [4.69, 9.17) is 0 Å². The number of halogens is 2. The van der Waals surface area contributed by atoms with Crippen molar-refractivity contribution in [3.8, 4) is 0 Å². The summed E-state index contributed by atoms with van der Waals surface area (Å²) in [5.41, 5.74) is -0.00399. The fourth-order valence-corrected chi connectivity index (χ4v) is 3.37. The van der Waals surface area contributed by atoms with Crippen LogP contribution in [-0.2, 0) is 0 Å². The SMILES string of the molecule is O=C(c1cnn2cc[nH]c(=O)c12)N1CCCC1c1cc(F)ccc1F. The fourth-order valence-electron chi connectivity index (χ4n) is 3.37. The highest BCUT2D eigenvalue weighted by Gasteiger charge is 2.34. The van der Waals surface area contributed by atoms with Crippen LogP contribution in [0, 0.1) is 11.6 Å². The van der Waals surface area contributed by atoms with Gasteiger partial charge in [0.25, 0.3) is 11.5 Å². The molecule has 3 aromatic rings. The number of amides is 1. The van der Waals surface area contributed by atoms with Crippen LogP contribution in [0.25, 0.3) is 5.52 Å². The number of carbonyl (C=O) groups is 1. The van der Waals surface area contributed by atoms with Gasteiger partial charge < -0.3 is 9.88 Å². The molecule has 1 aliphatic heterocycles. The summed E-state index contributed by atoms with van der Waals surface area (Å²) in [5.74, 6) is -1.52. The zero-order chi connectivity index (χ0) is 17.6. The number of rotatable bonds is 2. The van der Waals surface area contributed by atoms with Crippen molar-refractivity contribution in [2.75, 3.05) is 6.54 Å². The summed E-state index contributed by atoms with van der Waals surface area (Å²) < 4.78 is 29.0.